The van der Waals surface area contributed by atoms with Gasteiger partial charge in [-0.1, -0.05) is 11.8 Å². The standard InChI is InChI=1S/C11H12N2O2/c1-8-6-9(4-2-3-5-12)7-13-10(8)11(14)15/h6-7H,3,5,12H2,1H3,(H,14,15). The molecule has 4 nitrogen and oxygen atoms in total. The molecule has 1 rings (SSSR count). The van der Waals surface area contributed by atoms with Crippen LogP contribution >= 0.6 is 0 Å². The predicted octanol–water partition coefficient (Wildman–Crippen LogP) is 0.789. The van der Waals surface area contributed by atoms with Crippen molar-refractivity contribution in [3.05, 3.63) is 29.1 Å². The van der Waals surface area contributed by atoms with Gasteiger partial charge < -0.3 is 10.8 Å². The first-order valence-corrected chi connectivity index (χ1v) is 4.54. The highest BCUT2D eigenvalue weighted by atomic mass is 16.4. The molecule has 15 heavy (non-hydrogen) atoms. The van der Waals surface area contributed by atoms with E-state index in [4.69, 9.17) is 10.8 Å². The molecular formula is C11H12N2O2. The fraction of sp³-hybridized carbons (Fsp3) is 0.273. The lowest BCUT2D eigenvalue weighted by Gasteiger charge is -1.98. The minimum atomic E-state index is -1.02. The number of aromatic carboxylic acids is 1. The fourth-order valence-corrected chi connectivity index (χ4v) is 1.10. The summed E-state index contributed by atoms with van der Waals surface area (Å²) in [5.74, 6) is 4.71. The van der Waals surface area contributed by atoms with Crippen molar-refractivity contribution in [1.82, 2.24) is 4.98 Å². The average Bonchev–Trinajstić information content (AvgIpc) is 2.17. The lowest BCUT2D eigenvalue weighted by atomic mass is 10.1. The number of pyridine rings is 1. The summed E-state index contributed by atoms with van der Waals surface area (Å²) in [6.45, 7) is 2.22. The van der Waals surface area contributed by atoms with Crippen molar-refractivity contribution >= 4 is 5.97 Å². The summed E-state index contributed by atoms with van der Waals surface area (Å²) in [6.07, 6.45) is 2.08. The van der Waals surface area contributed by atoms with Gasteiger partial charge in [-0.3, -0.25) is 0 Å². The summed E-state index contributed by atoms with van der Waals surface area (Å²) < 4.78 is 0. The molecule has 0 aliphatic heterocycles. The van der Waals surface area contributed by atoms with E-state index in [1.54, 1.807) is 13.0 Å². The summed E-state index contributed by atoms with van der Waals surface area (Å²) in [5.41, 5.74) is 6.69. The molecular weight excluding hydrogens is 192 g/mol. The molecule has 0 amide bonds. The molecule has 0 aromatic carbocycles. The molecule has 0 fully saturated rings. The fourth-order valence-electron chi connectivity index (χ4n) is 1.10. The third-order valence-electron chi connectivity index (χ3n) is 1.78. The van der Waals surface area contributed by atoms with Gasteiger partial charge in [-0.25, -0.2) is 9.78 Å². The van der Waals surface area contributed by atoms with Gasteiger partial charge in [-0.15, -0.1) is 0 Å². The van der Waals surface area contributed by atoms with Crippen molar-refractivity contribution in [2.75, 3.05) is 6.54 Å². The number of nitrogens with two attached hydrogens (primary N) is 1. The van der Waals surface area contributed by atoms with E-state index in [0.29, 0.717) is 24.1 Å². The Kier molecular flexibility index (Phi) is 3.83. The summed E-state index contributed by atoms with van der Waals surface area (Å²) in [6, 6.07) is 1.71. The molecule has 0 atom stereocenters. The van der Waals surface area contributed by atoms with Crippen molar-refractivity contribution in [2.45, 2.75) is 13.3 Å². The maximum atomic E-state index is 10.7. The van der Waals surface area contributed by atoms with Crippen LogP contribution in [0.1, 0.15) is 28.0 Å². The lowest BCUT2D eigenvalue weighted by Crippen LogP contribution is -2.03. The molecule has 0 spiro atoms. The molecule has 0 radical (unpaired) electrons. The Bertz CT molecular complexity index is 430. The van der Waals surface area contributed by atoms with E-state index >= 15 is 0 Å². The van der Waals surface area contributed by atoms with Gasteiger partial charge >= 0.3 is 5.97 Å². The van der Waals surface area contributed by atoms with Gasteiger partial charge in [0.05, 0.1) is 0 Å². The van der Waals surface area contributed by atoms with Gasteiger partial charge in [-0.2, -0.15) is 0 Å². The van der Waals surface area contributed by atoms with Crippen LogP contribution in [0, 0.1) is 18.8 Å². The second-order valence-electron chi connectivity index (χ2n) is 3.04. The van der Waals surface area contributed by atoms with Crippen LogP contribution in [0.2, 0.25) is 0 Å². The first-order valence-electron chi connectivity index (χ1n) is 4.54. The molecule has 0 saturated heterocycles. The molecule has 0 aliphatic carbocycles. The van der Waals surface area contributed by atoms with E-state index in [1.165, 1.54) is 6.20 Å². The van der Waals surface area contributed by atoms with Crippen LogP contribution in [0.15, 0.2) is 12.3 Å². The molecule has 4 heteroatoms. The zero-order chi connectivity index (χ0) is 11.3. The van der Waals surface area contributed by atoms with Gasteiger partial charge in [0.25, 0.3) is 0 Å². The molecule has 1 heterocycles. The van der Waals surface area contributed by atoms with Crippen LogP contribution < -0.4 is 5.73 Å². The van der Waals surface area contributed by atoms with Crippen molar-refractivity contribution in [3.63, 3.8) is 0 Å². The third kappa shape index (κ3) is 3.08. The lowest BCUT2D eigenvalue weighted by molar-refractivity contribution is 0.0689. The number of hydrogen-bond donors (Lipinski definition) is 2. The molecule has 1 aromatic rings. The Morgan fingerprint density at radius 2 is 2.40 bits per heavy atom. The molecule has 0 unspecified atom stereocenters. The maximum absolute atomic E-state index is 10.7. The highest BCUT2D eigenvalue weighted by Crippen LogP contribution is 2.06. The van der Waals surface area contributed by atoms with Crippen LogP contribution in [0.5, 0.6) is 0 Å². The van der Waals surface area contributed by atoms with Crippen LogP contribution in [0.4, 0.5) is 0 Å². The molecule has 1 aromatic heterocycles. The van der Waals surface area contributed by atoms with Gasteiger partial charge in [0.15, 0.2) is 5.69 Å². The van der Waals surface area contributed by atoms with Gasteiger partial charge in [0.2, 0.25) is 0 Å². The van der Waals surface area contributed by atoms with E-state index in [-0.39, 0.29) is 5.69 Å². The molecule has 0 bridgehead atoms. The largest absolute Gasteiger partial charge is 0.477 e. The normalized spacial score (nSPS) is 9.20. The number of carboxylic acid groups (broad SMARTS) is 1. The van der Waals surface area contributed by atoms with Crippen molar-refractivity contribution in [1.29, 1.82) is 0 Å². The SMILES string of the molecule is Cc1cc(C#CCCN)cnc1C(=O)O. The maximum Gasteiger partial charge on any atom is 0.354 e. The quantitative estimate of drug-likeness (QED) is 0.698. The Morgan fingerprint density at radius 1 is 1.67 bits per heavy atom. The van der Waals surface area contributed by atoms with Gasteiger partial charge in [-0.05, 0) is 18.6 Å². The Hall–Kier alpha value is -1.86. The molecule has 0 aliphatic rings. The number of nitrogens with zero attached hydrogens (tertiary/aromatic N) is 1. The number of hydrogen-bond acceptors (Lipinski definition) is 3. The Balaban J connectivity index is 2.93. The van der Waals surface area contributed by atoms with Crippen LogP contribution in [-0.4, -0.2) is 22.6 Å². The number of carbonyl (C=O) groups is 1. The number of aryl methyl sites for hydroxylation is 1. The highest BCUT2D eigenvalue weighted by Gasteiger charge is 2.07. The second kappa shape index (κ2) is 5.13. The number of carboxylic acids is 1. The van der Waals surface area contributed by atoms with Crippen molar-refractivity contribution < 1.29 is 9.90 Å². The van der Waals surface area contributed by atoms with E-state index in [9.17, 15) is 4.79 Å². The smallest absolute Gasteiger partial charge is 0.354 e. The predicted molar refractivity (Wildman–Crippen MR) is 56.5 cm³/mol. The zero-order valence-electron chi connectivity index (χ0n) is 8.45. The summed E-state index contributed by atoms with van der Waals surface area (Å²) in [7, 11) is 0. The first-order chi connectivity index (χ1) is 7.15. The number of aromatic nitrogens is 1. The van der Waals surface area contributed by atoms with Crippen LogP contribution in [0.3, 0.4) is 0 Å². The van der Waals surface area contributed by atoms with E-state index in [2.05, 4.69) is 16.8 Å². The van der Waals surface area contributed by atoms with E-state index < -0.39 is 5.97 Å². The minimum absolute atomic E-state index is 0.0689. The van der Waals surface area contributed by atoms with Gasteiger partial charge in [0.1, 0.15) is 0 Å². The van der Waals surface area contributed by atoms with Crippen molar-refractivity contribution in [2.24, 2.45) is 5.73 Å². The molecule has 0 saturated carbocycles. The Labute approximate surface area is 88.1 Å². The highest BCUT2D eigenvalue weighted by molar-refractivity contribution is 5.87. The molecule has 78 valence electrons. The molecule has 3 N–H and O–H groups in total. The van der Waals surface area contributed by atoms with Gasteiger partial charge in [0, 0.05) is 24.7 Å². The summed E-state index contributed by atoms with van der Waals surface area (Å²) in [4.78, 5) is 14.5. The van der Waals surface area contributed by atoms with E-state index in [0.717, 1.165) is 0 Å². The average molecular weight is 204 g/mol. The van der Waals surface area contributed by atoms with Crippen molar-refractivity contribution in [3.8, 4) is 11.8 Å². The van der Waals surface area contributed by atoms with E-state index in [1.807, 2.05) is 0 Å². The zero-order valence-corrected chi connectivity index (χ0v) is 8.45. The monoisotopic (exact) mass is 204 g/mol. The third-order valence-corrected chi connectivity index (χ3v) is 1.78. The topological polar surface area (TPSA) is 76.2 Å². The summed E-state index contributed by atoms with van der Waals surface area (Å²) >= 11 is 0. The second-order valence-corrected chi connectivity index (χ2v) is 3.04. The van der Waals surface area contributed by atoms with Crippen LogP contribution in [-0.2, 0) is 0 Å². The minimum Gasteiger partial charge on any atom is -0.477 e. The van der Waals surface area contributed by atoms with Crippen LogP contribution in [0.25, 0.3) is 0 Å². The Morgan fingerprint density at radius 3 is 2.93 bits per heavy atom. The number of rotatable bonds is 2. The first kappa shape index (κ1) is 11.2. The summed E-state index contributed by atoms with van der Waals surface area (Å²) in [5, 5.41) is 8.76.